The van der Waals surface area contributed by atoms with E-state index in [4.69, 9.17) is 4.52 Å². The van der Waals surface area contributed by atoms with Gasteiger partial charge in [0.05, 0.1) is 5.92 Å². The molecule has 0 spiro atoms. The summed E-state index contributed by atoms with van der Waals surface area (Å²) >= 11 is 0. The van der Waals surface area contributed by atoms with Gasteiger partial charge in [-0.2, -0.15) is 4.31 Å². The average molecular weight is 451 g/mol. The van der Waals surface area contributed by atoms with E-state index in [0.717, 1.165) is 19.3 Å². The van der Waals surface area contributed by atoms with Crippen LogP contribution in [0.5, 0.6) is 0 Å². The van der Waals surface area contributed by atoms with Crippen LogP contribution in [0, 0.1) is 12.8 Å². The smallest absolute Gasteiger partial charge is 0.248 e. The van der Waals surface area contributed by atoms with Gasteiger partial charge in [-0.25, -0.2) is 8.42 Å². The van der Waals surface area contributed by atoms with E-state index in [9.17, 15) is 13.2 Å². The Morgan fingerprint density at radius 1 is 1.35 bits per heavy atom. The predicted octanol–water partition coefficient (Wildman–Crippen LogP) is 2.92. The second kappa shape index (κ2) is 10.5. The van der Waals surface area contributed by atoms with Gasteiger partial charge in [-0.3, -0.25) is 4.79 Å². The van der Waals surface area contributed by atoms with Crippen molar-refractivity contribution in [2.24, 2.45) is 5.92 Å². The molecule has 1 amide bonds. The third-order valence-electron chi connectivity index (χ3n) is 5.84. The largest absolute Gasteiger partial charge is 0.383 e. The highest BCUT2D eigenvalue weighted by Gasteiger charge is 2.36. The van der Waals surface area contributed by atoms with E-state index in [1.54, 1.807) is 24.1 Å². The molecule has 1 aliphatic heterocycles. The molecule has 2 heterocycles. The Kier molecular flexibility index (Phi) is 7.94. The SMILES string of the molecule is Cc1noc(/C=C/N(C)C)c1S(=O)(=O)N1CCCC(C(=O)NCCC2=CCCCC2)C1. The first-order valence-electron chi connectivity index (χ1n) is 11.1. The molecule has 0 saturated carbocycles. The first kappa shape index (κ1) is 23.5. The molecule has 31 heavy (non-hydrogen) atoms. The topological polar surface area (TPSA) is 95.8 Å². The molecule has 8 nitrogen and oxygen atoms in total. The lowest BCUT2D eigenvalue weighted by atomic mass is 9.96. The molecule has 1 unspecified atom stereocenters. The summed E-state index contributed by atoms with van der Waals surface area (Å²) in [7, 11) is -0.134. The van der Waals surface area contributed by atoms with Gasteiger partial charge in [0.25, 0.3) is 0 Å². The second-order valence-electron chi connectivity index (χ2n) is 8.59. The molecule has 0 radical (unpaired) electrons. The number of hydrogen-bond donors (Lipinski definition) is 1. The number of nitrogens with one attached hydrogen (secondary N) is 1. The Bertz CT molecular complexity index is 933. The Hall–Kier alpha value is -2.13. The molecule has 1 aromatic heterocycles. The number of sulfonamides is 1. The van der Waals surface area contributed by atoms with Crippen molar-refractivity contribution in [1.82, 2.24) is 19.7 Å². The minimum absolute atomic E-state index is 0.0638. The highest BCUT2D eigenvalue weighted by Crippen LogP contribution is 2.29. The number of nitrogens with zero attached hydrogens (tertiary/aromatic N) is 3. The second-order valence-corrected chi connectivity index (χ2v) is 10.5. The molecule has 0 bridgehead atoms. The fourth-order valence-corrected chi connectivity index (χ4v) is 5.92. The van der Waals surface area contributed by atoms with Gasteiger partial charge in [0.2, 0.25) is 15.9 Å². The normalized spacial score (nSPS) is 20.6. The number of rotatable bonds is 8. The van der Waals surface area contributed by atoms with Crippen molar-refractivity contribution in [3.63, 3.8) is 0 Å². The van der Waals surface area contributed by atoms with Gasteiger partial charge in [-0.05, 0) is 51.9 Å². The molecule has 1 saturated heterocycles. The zero-order valence-electron chi connectivity index (χ0n) is 18.8. The van der Waals surface area contributed by atoms with Gasteiger partial charge in [-0.1, -0.05) is 16.8 Å². The third-order valence-corrected chi connectivity index (χ3v) is 7.86. The first-order chi connectivity index (χ1) is 14.8. The molecule has 0 aromatic carbocycles. The van der Waals surface area contributed by atoms with Crippen molar-refractivity contribution < 1.29 is 17.7 Å². The van der Waals surface area contributed by atoms with Crippen molar-refractivity contribution in [2.45, 2.75) is 56.8 Å². The van der Waals surface area contributed by atoms with Crippen molar-refractivity contribution in [2.75, 3.05) is 33.7 Å². The minimum Gasteiger partial charge on any atom is -0.383 e. The van der Waals surface area contributed by atoms with Gasteiger partial charge < -0.3 is 14.7 Å². The highest BCUT2D eigenvalue weighted by molar-refractivity contribution is 7.89. The Labute approximate surface area is 185 Å². The molecule has 172 valence electrons. The lowest BCUT2D eigenvalue weighted by Gasteiger charge is -2.31. The summed E-state index contributed by atoms with van der Waals surface area (Å²) in [6, 6.07) is 0. The summed E-state index contributed by atoms with van der Waals surface area (Å²) in [4.78, 5) is 14.6. The summed E-state index contributed by atoms with van der Waals surface area (Å²) in [6.07, 6.45) is 12.5. The minimum atomic E-state index is -3.81. The van der Waals surface area contributed by atoms with E-state index >= 15 is 0 Å². The van der Waals surface area contributed by atoms with Crippen LogP contribution in [0.1, 0.15) is 56.4 Å². The maximum atomic E-state index is 13.4. The monoisotopic (exact) mass is 450 g/mol. The fraction of sp³-hybridized carbons (Fsp3) is 0.636. The molecule has 1 aromatic rings. The Morgan fingerprint density at radius 3 is 2.87 bits per heavy atom. The average Bonchev–Trinajstić information content (AvgIpc) is 3.14. The van der Waals surface area contributed by atoms with E-state index in [2.05, 4.69) is 16.5 Å². The summed E-state index contributed by atoms with van der Waals surface area (Å²) in [5.74, 6) is -0.200. The summed E-state index contributed by atoms with van der Waals surface area (Å²) < 4.78 is 33.4. The molecule has 2 aliphatic rings. The van der Waals surface area contributed by atoms with Crippen LogP contribution in [0.25, 0.3) is 6.08 Å². The molecular formula is C22H34N4O4S. The predicted molar refractivity (Wildman–Crippen MR) is 120 cm³/mol. The standard InChI is InChI=1S/C22H34N4O4S/c1-17-21(20(30-24-17)12-15-25(2)3)31(28,29)26-14-7-10-19(16-26)22(27)23-13-11-18-8-5-4-6-9-18/h8,12,15,19H,4-7,9-11,13-14,16H2,1-3H3,(H,23,27)/b15-12+. The molecule has 9 heteroatoms. The van der Waals surface area contributed by atoms with Gasteiger partial charge in [0.15, 0.2) is 10.7 Å². The van der Waals surface area contributed by atoms with Crippen LogP contribution in [0.15, 0.2) is 27.3 Å². The number of carbonyl (C=O) groups is 1. The molecule has 1 atom stereocenters. The van der Waals surface area contributed by atoms with Crippen LogP contribution in [0.4, 0.5) is 0 Å². The first-order valence-corrected chi connectivity index (χ1v) is 12.5. The molecule has 1 aliphatic carbocycles. The van der Waals surface area contributed by atoms with Crippen LogP contribution in [-0.2, 0) is 14.8 Å². The lowest BCUT2D eigenvalue weighted by molar-refractivity contribution is -0.126. The summed E-state index contributed by atoms with van der Waals surface area (Å²) in [5, 5.41) is 6.87. The van der Waals surface area contributed by atoms with Crippen LogP contribution in [0.2, 0.25) is 0 Å². The molecule has 1 fully saturated rings. The third kappa shape index (κ3) is 5.98. The van der Waals surface area contributed by atoms with Crippen LogP contribution in [0.3, 0.4) is 0 Å². The fourth-order valence-electron chi connectivity index (χ4n) is 4.14. The number of hydrogen-bond acceptors (Lipinski definition) is 6. The van der Waals surface area contributed by atoms with E-state index < -0.39 is 10.0 Å². The van der Waals surface area contributed by atoms with Gasteiger partial charge in [-0.15, -0.1) is 0 Å². The van der Waals surface area contributed by atoms with E-state index in [-0.39, 0.29) is 29.0 Å². The lowest BCUT2D eigenvalue weighted by Crippen LogP contribution is -2.45. The number of aryl methyl sites for hydroxylation is 1. The Morgan fingerprint density at radius 2 is 2.16 bits per heavy atom. The summed E-state index contributed by atoms with van der Waals surface area (Å²) in [5.41, 5.74) is 1.74. The van der Waals surface area contributed by atoms with Crippen molar-refractivity contribution in [3.05, 3.63) is 29.3 Å². The zero-order chi connectivity index (χ0) is 22.4. The van der Waals surface area contributed by atoms with Gasteiger partial charge in [0.1, 0.15) is 5.69 Å². The van der Waals surface area contributed by atoms with E-state index in [1.165, 1.54) is 22.7 Å². The zero-order valence-corrected chi connectivity index (χ0v) is 19.6. The van der Waals surface area contributed by atoms with Crippen LogP contribution >= 0.6 is 0 Å². The quantitative estimate of drug-likeness (QED) is 0.612. The van der Waals surface area contributed by atoms with Crippen LogP contribution < -0.4 is 5.32 Å². The van der Waals surface area contributed by atoms with Crippen molar-refractivity contribution >= 4 is 22.0 Å². The van der Waals surface area contributed by atoms with Crippen molar-refractivity contribution in [1.29, 1.82) is 0 Å². The van der Waals surface area contributed by atoms with Crippen LogP contribution in [-0.4, -0.2) is 62.4 Å². The van der Waals surface area contributed by atoms with Crippen molar-refractivity contribution in [3.8, 4) is 0 Å². The van der Waals surface area contributed by atoms with Gasteiger partial charge in [0, 0.05) is 46.0 Å². The number of allylic oxidation sites excluding steroid dienone is 1. The number of aromatic nitrogens is 1. The van der Waals surface area contributed by atoms with E-state index in [1.807, 2.05) is 14.1 Å². The number of carbonyl (C=O) groups excluding carboxylic acids is 1. The maximum Gasteiger partial charge on any atom is 0.248 e. The highest BCUT2D eigenvalue weighted by atomic mass is 32.2. The number of piperidine rings is 1. The van der Waals surface area contributed by atoms with Gasteiger partial charge >= 0.3 is 0 Å². The molecular weight excluding hydrogens is 416 g/mol. The van der Waals surface area contributed by atoms with E-state index in [0.29, 0.717) is 31.6 Å². The maximum absolute atomic E-state index is 13.4. The summed E-state index contributed by atoms with van der Waals surface area (Å²) in [6.45, 7) is 2.80. The molecule has 1 N–H and O–H groups in total. The molecule has 3 rings (SSSR count). The Balaban J connectivity index is 1.65. The number of amides is 1.